The summed E-state index contributed by atoms with van der Waals surface area (Å²) in [5.74, 6) is 0. The summed E-state index contributed by atoms with van der Waals surface area (Å²) in [7, 11) is 0. The van der Waals surface area contributed by atoms with Crippen molar-refractivity contribution in [3.63, 3.8) is 0 Å². The SMILES string of the molecule is c1cnc2[nH]c(-c3ccc(C4OCCCO4)cc3)cc2n1. The Morgan fingerprint density at radius 3 is 2.52 bits per heavy atom. The number of rotatable bonds is 2. The number of hydrogen-bond donors (Lipinski definition) is 1. The van der Waals surface area contributed by atoms with E-state index in [0.717, 1.165) is 47.6 Å². The first-order valence-corrected chi connectivity index (χ1v) is 7.03. The second-order valence-corrected chi connectivity index (χ2v) is 5.02. The van der Waals surface area contributed by atoms with Crippen molar-refractivity contribution in [3.05, 3.63) is 48.3 Å². The first-order valence-electron chi connectivity index (χ1n) is 7.03. The molecule has 1 fully saturated rings. The van der Waals surface area contributed by atoms with Gasteiger partial charge in [-0.1, -0.05) is 24.3 Å². The predicted octanol–water partition coefficient (Wildman–Crippen LogP) is 3.06. The lowest BCUT2D eigenvalue weighted by Crippen LogP contribution is -2.17. The number of hydrogen-bond acceptors (Lipinski definition) is 4. The third kappa shape index (κ3) is 2.41. The number of fused-ring (bicyclic) bond motifs is 1. The van der Waals surface area contributed by atoms with Crippen molar-refractivity contribution < 1.29 is 9.47 Å². The molecule has 0 amide bonds. The summed E-state index contributed by atoms with van der Waals surface area (Å²) in [6.45, 7) is 1.51. The number of aromatic nitrogens is 3. The molecule has 1 aliphatic rings. The molecule has 0 radical (unpaired) electrons. The summed E-state index contributed by atoms with van der Waals surface area (Å²) in [6.07, 6.45) is 4.10. The summed E-state index contributed by atoms with van der Waals surface area (Å²) in [5, 5.41) is 0. The molecule has 0 bridgehead atoms. The maximum Gasteiger partial charge on any atom is 0.183 e. The number of H-pyrrole nitrogens is 1. The summed E-state index contributed by atoms with van der Waals surface area (Å²) in [4.78, 5) is 11.8. The van der Waals surface area contributed by atoms with Gasteiger partial charge in [-0.2, -0.15) is 0 Å². The van der Waals surface area contributed by atoms with Crippen molar-refractivity contribution in [1.29, 1.82) is 0 Å². The Morgan fingerprint density at radius 1 is 1.00 bits per heavy atom. The minimum atomic E-state index is -0.237. The van der Waals surface area contributed by atoms with Gasteiger partial charge in [-0.05, 0) is 18.1 Å². The zero-order valence-electron chi connectivity index (χ0n) is 11.5. The van der Waals surface area contributed by atoms with Crippen molar-refractivity contribution in [2.45, 2.75) is 12.7 Å². The van der Waals surface area contributed by atoms with Gasteiger partial charge >= 0.3 is 0 Å². The molecule has 0 saturated carbocycles. The fraction of sp³-hybridized carbons (Fsp3) is 0.250. The van der Waals surface area contributed by atoms with Gasteiger partial charge in [-0.25, -0.2) is 4.98 Å². The van der Waals surface area contributed by atoms with Crippen molar-refractivity contribution in [1.82, 2.24) is 15.0 Å². The fourth-order valence-corrected chi connectivity index (χ4v) is 2.51. The highest BCUT2D eigenvalue weighted by molar-refractivity contribution is 5.79. The van der Waals surface area contributed by atoms with Crippen molar-refractivity contribution in [3.8, 4) is 11.3 Å². The molecule has 5 heteroatoms. The van der Waals surface area contributed by atoms with Gasteiger partial charge in [0, 0.05) is 23.7 Å². The van der Waals surface area contributed by atoms with Crippen LogP contribution >= 0.6 is 0 Å². The molecule has 0 spiro atoms. The van der Waals surface area contributed by atoms with Gasteiger partial charge in [-0.3, -0.25) is 4.98 Å². The number of ether oxygens (including phenoxy) is 2. The molecule has 5 nitrogen and oxygen atoms in total. The van der Waals surface area contributed by atoms with E-state index in [1.807, 2.05) is 18.2 Å². The molecule has 3 aromatic rings. The third-order valence-corrected chi connectivity index (χ3v) is 3.58. The average Bonchev–Trinajstić information content (AvgIpc) is 3.00. The van der Waals surface area contributed by atoms with Crippen LogP contribution in [0.2, 0.25) is 0 Å². The molecular formula is C16H15N3O2. The lowest BCUT2D eigenvalue weighted by atomic mass is 10.1. The van der Waals surface area contributed by atoms with Crippen LogP contribution in [0.25, 0.3) is 22.4 Å². The third-order valence-electron chi connectivity index (χ3n) is 3.58. The van der Waals surface area contributed by atoms with Crippen molar-refractivity contribution in [2.75, 3.05) is 13.2 Å². The first-order chi connectivity index (χ1) is 10.4. The minimum Gasteiger partial charge on any atom is -0.348 e. The summed E-state index contributed by atoms with van der Waals surface area (Å²) in [5.41, 5.74) is 4.82. The molecule has 1 saturated heterocycles. The molecule has 0 atom stereocenters. The maximum absolute atomic E-state index is 5.61. The van der Waals surface area contributed by atoms with E-state index in [2.05, 4.69) is 27.1 Å². The van der Waals surface area contributed by atoms with E-state index in [-0.39, 0.29) is 6.29 Å². The zero-order valence-corrected chi connectivity index (χ0v) is 11.5. The van der Waals surface area contributed by atoms with Crippen LogP contribution in [-0.2, 0) is 9.47 Å². The van der Waals surface area contributed by atoms with Gasteiger partial charge in [0.1, 0.15) is 5.52 Å². The Hall–Kier alpha value is -2.24. The molecule has 1 N–H and O–H groups in total. The lowest BCUT2D eigenvalue weighted by Gasteiger charge is -2.23. The van der Waals surface area contributed by atoms with Gasteiger partial charge in [-0.15, -0.1) is 0 Å². The molecule has 1 aromatic carbocycles. The van der Waals surface area contributed by atoms with Crippen molar-refractivity contribution >= 4 is 11.2 Å². The molecule has 0 unspecified atom stereocenters. The summed E-state index contributed by atoms with van der Waals surface area (Å²) >= 11 is 0. The number of nitrogens with one attached hydrogen (secondary N) is 1. The van der Waals surface area contributed by atoms with E-state index in [1.54, 1.807) is 12.4 Å². The molecule has 1 aliphatic heterocycles. The second-order valence-electron chi connectivity index (χ2n) is 5.02. The highest BCUT2D eigenvalue weighted by Crippen LogP contribution is 2.26. The maximum atomic E-state index is 5.61. The van der Waals surface area contributed by atoms with Gasteiger partial charge in [0.2, 0.25) is 0 Å². The van der Waals surface area contributed by atoms with Crippen LogP contribution in [0.15, 0.2) is 42.7 Å². The lowest BCUT2D eigenvalue weighted by molar-refractivity contribution is -0.183. The predicted molar refractivity (Wildman–Crippen MR) is 78.6 cm³/mol. The van der Waals surface area contributed by atoms with Crippen LogP contribution in [-0.4, -0.2) is 28.2 Å². The molecule has 3 heterocycles. The van der Waals surface area contributed by atoms with Gasteiger partial charge in [0.05, 0.1) is 13.2 Å². The van der Waals surface area contributed by atoms with Crippen LogP contribution in [0.4, 0.5) is 0 Å². The molecule has 4 rings (SSSR count). The smallest absolute Gasteiger partial charge is 0.183 e. The molecule has 106 valence electrons. The second kappa shape index (κ2) is 5.27. The minimum absolute atomic E-state index is 0.237. The van der Waals surface area contributed by atoms with E-state index in [1.165, 1.54) is 0 Å². The van der Waals surface area contributed by atoms with Gasteiger partial charge in [0.15, 0.2) is 11.9 Å². The summed E-state index contributed by atoms with van der Waals surface area (Å²) < 4.78 is 11.2. The van der Waals surface area contributed by atoms with Gasteiger partial charge in [0.25, 0.3) is 0 Å². The Labute approximate surface area is 121 Å². The van der Waals surface area contributed by atoms with Crippen LogP contribution in [0.1, 0.15) is 18.3 Å². The van der Waals surface area contributed by atoms with Gasteiger partial charge < -0.3 is 14.5 Å². The normalized spacial score (nSPS) is 16.4. The monoisotopic (exact) mass is 281 g/mol. The number of aromatic amines is 1. The first kappa shape index (κ1) is 12.5. The molecular weight excluding hydrogens is 266 g/mol. The quantitative estimate of drug-likeness (QED) is 0.784. The van der Waals surface area contributed by atoms with E-state index in [4.69, 9.17) is 9.47 Å². The largest absolute Gasteiger partial charge is 0.348 e. The Bertz CT molecular complexity index is 713. The molecule has 2 aromatic heterocycles. The summed E-state index contributed by atoms with van der Waals surface area (Å²) in [6, 6.07) is 10.2. The fourth-order valence-electron chi connectivity index (χ4n) is 2.51. The van der Waals surface area contributed by atoms with Crippen LogP contribution in [0.5, 0.6) is 0 Å². The van der Waals surface area contributed by atoms with Crippen LogP contribution in [0.3, 0.4) is 0 Å². The molecule has 21 heavy (non-hydrogen) atoms. The number of nitrogens with zero attached hydrogens (tertiary/aromatic N) is 2. The number of benzene rings is 1. The van der Waals surface area contributed by atoms with Crippen molar-refractivity contribution in [2.24, 2.45) is 0 Å². The van der Waals surface area contributed by atoms with E-state index < -0.39 is 0 Å². The van der Waals surface area contributed by atoms with Crippen LogP contribution < -0.4 is 0 Å². The Kier molecular flexibility index (Phi) is 3.14. The van der Waals surface area contributed by atoms with E-state index >= 15 is 0 Å². The van der Waals surface area contributed by atoms with E-state index in [0.29, 0.717) is 0 Å². The standard InChI is InChI=1S/C16H15N3O2/c1-8-20-16(21-9-1)12-4-2-11(3-5-12)13-10-14-15(19-13)18-7-6-17-14/h2-7,10,16H,1,8-9H2,(H,18,19). The Balaban J connectivity index is 1.63. The van der Waals surface area contributed by atoms with Crippen LogP contribution in [0, 0.1) is 0 Å². The zero-order chi connectivity index (χ0) is 14.1. The average molecular weight is 281 g/mol. The Morgan fingerprint density at radius 2 is 1.76 bits per heavy atom. The highest BCUT2D eigenvalue weighted by atomic mass is 16.7. The molecule has 0 aliphatic carbocycles. The highest BCUT2D eigenvalue weighted by Gasteiger charge is 2.16. The van der Waals surface area contributed by atoms with E-state index in [9.17, 15) is 0 Å². The topological polar surface area (TPSA) is 60.0 Å².